The number of rotatable bonds is 2. The Bertz CT molecular complexity index is 503. The number of hydrogen-bond acceptors (Lipinski definition) is 2. The van der Waals surface area contributed by atoms with Gasteiger partial charge in [0.2, 0.25) is 5.91 Å². The second-order valence-corrected chi connectivity index (χ2v) is 6.77. The Morgan fingerprint density at radius 2 is 2.10 bits per heavy atom. The van der Waals surface area contributed by atoms with E-state index >= 15 is 0 Å². The van der Waals surface area contributed by atoms with E-state index in [0.717, 1.165) is 49.5 Å². The van der Waals surface area contributed by atoms with Crippen LogP contribution in [-0.2, 0) is 17.6 Å². The minimum atomic E-state index is -0.000464. The fraction of sp³-hybridized carbons (Fsp3) is 0.562. The molecule has 0 saturated carbocycles. The number of hydrogen-bond donors (Lipinski definition) is 2. The van der Waals surface area contributed by atoms with Gasteiger partial charge in [-0.3, -0.25) is 4.79 Å². The molecule has 1 saturated heterocycles. The normalized spacial score (nSPS) is 26.6. The monoisotopic (exact) mass is 336 g/mol. The third-order valence-corrected chi connectivity index (χ3v) is 4.86. The van der Waals surface area contributed by atoms with Gasteiger partial charge in [0.1, 0.15) is 0 Å². The summed E-state index contributed by atoms with van der Waals surface area (Å²) in [5, 5.41) is 6.58. The number of aryl methyl sites for hydroxylation is 1. The average Bonchev–Trinajstić information content (AvgIpc) is 2.64. The van der Waals surface area contributed by atoms with Crippen LogP contribution in [0.25, 0.3) is 0 Å². The second kappa shape index (κ2) is 6.27. The summed E-state index contributed by atoms with van der Waals surface area (Å²) in [6, 6.07) is 6.97. The van der Waals surface area contributed by atoms with E-state index in [-0.39, 0.29) is 11.9 Å². The Hall–Kier alpha value is -0.870. The molecule has 1 aliphatic carbocycles. The van der Waals surface area contributed by atoms with Crippen molar-refractivity contribution in [2.24, 2.45) is 0 Å². The van der Waals surface area contributed by atoms with Crippen LogP contribution in [0.1, 0.15) is 36.8 Å². The van der Waals surface area contributed by atoms with Crippen LogP contribution in [-0.4, -0.2) is 24.5 Å². The predicted molar refractivity (Wildman–Crippen MR) is 83.7 cm³/mol. The molecular weight excluding hydrogens is 316 g/mol. The van der Waals surface area contributed by atoms with Gasteiger partial charge in [0.15, 0.2) is 0 Å². The van der Waals surface area contributed by atoms with Crippen LogP contribution in [0.15, 0.2) is 22.7 Å². The van der Waals surface area contributed by atoms with E-state index < -0.39 is 0 Å². The van der Waals surface area contributed by atoms with Gasteiger partial charge in [-0.05, 0) is 61.8 Å². The smallest absolute Gasteiger partial charge is 0.237 e. The summed E-state index contributed by atoms with van der Waals surface area (Å²) in [5.41, 5.74) is 2.87. The molecule has 1 aromatic rings. The lowest BCUT2D eigenvalue weighted by Gasteiger charge is -2.29. The minimum absolute atomic E-state index is 0.000464. The van der Waals surface area contributed by atoms with E-state index in [1.54, 1.807) is 0 Å². The van der Waals surface area contributed by atoms with Crippen molar-refractivity contribution in [1.82, 2.24) is 10.6 Å². The molecule has 20 heavy (non-hydrogen) atoms. The summed E-state index contributed by atoms with van der Waals surface area (Å²) < 4.78 is 1.16. The number of halogens is 1. The topological polar surface area (TPSA) is 41.1 Å². The van der Waals surface area contributed by atoms with Crippen LogP contribution in [0.2, 0.25) is 0 Å². The van der Waals surface area contributed by atoms with Crippen LogP contribution in [0, 0.1) is 0 Å². The van der Waals surface area contributed by atoms with Crippen molar-refractivity contribution in [3.05, 3.63) is 33.8 Å². The van der Waals surface area contributed by atoms with Crippen LogP contribution in [0.5, 0.6) is 0 Å². The van der Waals surface area contributed by atoms with Crippen molar-refractivity contribution in [2.45, 2.75) is 50.6 Å². The van der Waals surface area contributed by atoms with E-state index in [2.05, 4.69) is 44.8 Å². The molecule has 0 radical (unpaired) electrons. The molecule has 0 bridgehead atoms. The third kappa shape index (κ3) is 3.23. The summed E-state index contributed by atoms with van der Waals surface area (Å²) in [6.07, 6.45) is 6.45. The quantitative estimate of drug-likeness (QED) is 0.871. The first-order valence-electron chi connectivity index (χ1n) is 7.53. The molecule has 2 aliphatic rings. The van der Waals surface area contributed by atoms with Gasteiger partial charge < -0.3 is 10.6 Å². The SMILES string of the molecule is O=C1NCCCCC1NC1CCc2cc(Br)ccc2C1. The lowest BCUT2D eigenvalue weighted by Crippen LogP contribution is -2.48. The Morgan fingerprint density at radius 3 is 3.00 bits per heavy atom. The van der Waals surface area contributed by atoms with Gasteiger partial charge in [-0.15, -0.1) is 0 Å². The van der Waals surface area contributed by atoms with E-state index in [9.17, 15) is 4.79 Å². The second-order valence-electron chi connectivity index (χ2n) is 5.86. The van der Waals surface area contributed by atoms with Crippen LogP contribution in [0.3, 0.4) is 0 Å². The highest BCUT2D eigenvalue weighted by atomic mass is 79.9. The summed E-state index contributed by atoms with van der Waals surface area (Å²) in [6.45, 7) is 0.832. The van der Waals surface area contributed by atoms with Gasteiger partial charge in [0.25, 0.3) is 0 Å². The van der Waals surface area contributed by atoms with Crippen LogP contribution >= 0.6 is 15.9 Å². The summed E-state index contributed by atoms with van der Waals surface area (Å²) >= 11 is 3.53. The molecule has 3 nitrogen and oxygen atoms in total. The van der Waals surface area contributed by atoms with Crippen molar-refractivity contribution in [1.29, 1.82) is 0 Å². The number of nitrogens with one attached hydrogen (secondary N) is 2. The van der Waals surface area contributed by atoms with Gasteiger partial charge in [-0.2, -0.15) is 0 Å². The minimum Gasteiger partial charge on any atom is -0.355 e. The Morgan fingerprint density at radius 1 is 1.20 bits per heavy atom. The van der Waals surface area contributed by atoms with Crippen molar-refractivity contribution < 1.29 is 4.79 Å². The average molecular weight is 337 g/mol. The van der Waals surface area contributed by atoms with E-state index in [1.165, 1.54) is 11.1 Å². The molecule has 1 heterocycles. The van der Waals surface area contributed by atoms with Gasteiger partial charge in [-0.25, -0.2) is 0 Å². The fourth-order valence-electron chi connectivity index (χ4n) is 3.25. The molecule has 3 rings (SSSR count). The molecular formula is C16H21BrN2O. The van der Waals surface area contributed by atoms with Crippen molar-refractivity contribution in [3.63, 3.8) is 0 Å². The van der Waals surface area contributed by atoms with E-state index in [0.29, 0.717) is 6.04 Å². The first-order chi connectivity index (χ1) is 9.72. The van der Waals surface area contributed by atoms with Crippen LogP contribution < -0.4 is 10.6 Å². The maximum atomic E-state index is 12.0. The van der Waals surface area contributed by atoms with E-state index in [1.807, 2.05) is 0 Å². The zero-order valence-corrected chi connectivity index (χ0v) is 13.2. The standard InChI is InChI=1S/C16H21BrN2O/c17-13-6-4-12-10-14(7-5-11(12)9-13)19-15-3-1-2-8-18-16(15)20/h4,6,9,14-15,19H,1-3,5,7-8,10H2,(H,18,20). The van der Waals surface area contributed by atoms with Crippen molar-refractivity contribution in [2.75, 3.05) is 6.54 Å². The lowest BCUT2D eigenvalue weighted by molar-refractivity contribution is -0.123. The largest absolute Gasteiger partial charge is 0.355 e. The number of carbonyl (C=O) groups is 1. The maximum Gasteiger partial charge on any atom is 0.237 e. The molecule has 2 N–H and O–H groups in total. The highest BCUT2D eigenvalue weighted by Gasteiger charge is 2.26. The van der Waals surface area contributed by atoms with Crippen molar-refractivity contribution in [3.8, 4) is 0 Å². The van der Waals surface area contributed by atoms with Gasteiger partial charge in [-0.1, -0.05) is 22.0 Å². The molecule has 1 aromatic carbocycles. The zero-order chi connectivity index (χ0) is 13.9. The molecule has 4 heteroatoms. The lowest BCUT2D eigenvalue weighted by atomic mass is 9.88. The van der Waals surface area contributed by atoms with Gasteiger partial charge in [0, 0.05) is 17.1 Å². The first kappa shape index (κ1) is 14.1. The summed E-state index contributed by atoms with van der Waals surface area (Å²) in [7, 11) is 0. The van der Waals surface area contributed by atoms with E-state index in [4.69, 9.17) is 0 Å². The Balaban J connectivity index is 1.65. The zero-order valence-electron chi connectivity index (χ0n) is 11.6. The summed E-state index contributed by atoms with van der Waals surface area (Å²) in [5.74, 6) is 0.184. The maximum absolute atomic E-state index is 12.0. The number of carbonyl (C=O) groups excluding carboxylic acids is 1. The highest BCUT2D eigenvalue weighted by molar-refractivity contribution is 9.10. The fourth-order valence-corrected chi connectivity index (χ4v) is 3.66. The molecule has 2 unspecified atom stereocenters. The number of benzene rings is 1. The molecule has 0 aromatic heterocycles. The molecule has 108 valence electrons. The molecule has 2 atom stereocenters. The molecule has 1 fully saturated rings. The number of fused-ring (bicyclic) bond motifs is 1. The van der Waals surface area contributed by atoms with Crippen LogP contribution in [0.4, 0.5) is 0 Å². The molecule has 1 aliphatic heterocycles. The van der Waals surface area contributed by atoms with Gasteiger partial charge >= 0.3 is 0 Å². The van der Waals surface area contributed by atoms with Gasteiger partial charge in [0.05, 0.1) is 6.04 Å². The number of amides is 1. The summed E-state index contributed by atoms with van der Waals surface area (Å²) in [4.78, 5) is 12.0. The third-order valence-electron chi connectivity index (χ3n) is 4.37. The van der Waals surface area contributed by atoms with Crippen molar-refractivity contribution >= 4 is 21.8 Å². The molecule has 0 spiro atoms. The Labute approximate surface area is 128 Å². The Kier molecular flexibility index (Phi) is 4.41. The predicted octanol–water partition coefficient (Wildman–Crippen LogP) is 2.56. The molecule has 1 amide bonds. The first-order valence-corrected chi connectivity index (χ1v) is 8.33. The highest BCUT2D eigenvalue weighted by Crippen LogP contribution is 2.25.